The summed E-state index contributed by atoms with van der Waals surface area (Å²) < 4.78 is 58.4. The third-order valence-corrected chi connectivity index (χ3v) is 7.11. The molecule has 0 aromatic rings. The van der Waals surface area contributed by atoms with Gasteiger partial charge in [0.1, 0.15) is 0 Å². The van der Waals surface area contributed by atoms with Crippen molar-refractivity contribution in [2.75, 3.05) is 36.2 Å². The second-order valence-electron chi connectivity index (χ2n) is 5.85. The van der Waals surface area contributed by atoms with Crippen molar-refractivity contribution >= 4 is 19.7 Å². The highest BCUT2D eigenvalue weighted by Gasteiger charge is 2.29. The molecule has 0 bridgehead atoms. The highest BCUT2D eigenvalue weighted by atomic mass is 32.2. The zero-order valence-corrected chi connectivity index (χ0v) is 15.1. The maximum atomic E-state index is 11.9. The van der Waals surface area contributed by atoms with Crippen molar-refractivity contribution in [1.29, 1.82) is 0 Å². The van der Waals surface area contributed by atoms with Gasteiger partial charge in [0, 0.05) is 0 Å². The standard InChI is InChI=1S/C14H28O6S2/c1-3-5-7-21(15,16)11-13-9-20-14(10-19-13)12-22(17,18)8-6-4-2/h13-14H,3-12H2,1-2H3. The summed E-state index contributed by atoms with van der Waals surface area (Å²) >= 11 is 0. The monoisotopic (exact) mass is 356 g/mol. The minimum absolute atomic E-state index is 0.0533. The highest BCUT2D eigenvalue weighted by Crippen LogP contribution is 2.13. The predicted octanol–water partition coefficient (Wildman–Crippen LogP) is 1.20. The van der Waals surface area contributed by atoms with Crippen LogP contribution in [0.1, 0.15) is 39.5 Å². The maximum absolute atomic E-state index is 11.9. The SMILES string of the molecule is CCCCS(=O)(=O)CC1COC(CS(=O)(=O)CCCC)CO1. The van der Waals surface area contributed by atoms with Gasteiger partial charge in [-0.2, -0.15) is 0 Å². The van der Waals surface area contributed by atoms with Crippen LogP contribution in [-0.2, 0) is 29.1 Å². The lowest BCUT2D eigenvalue weighted by Crippen LogP contribution is -2.42. The molecule has 132 valence electrons. The molecule has 0 radical (unpaired) electrons. The zero-order chi connectivity index (χ0) is 16.6. The molecule has 1 rings (SSSR count). The van der Waals surface area contributed by atoms with Gasteiger partial charge in [0.15, 0.2) is 19.7 Å². The van der Waals surface area contributed by atoms with Crippen LogP contribution in [0.4, 0.5) is 0 Å². The molecule has 1 fully saturated rings. The highest BCUT2D eigenvalue weighted by molar-refractivity contribution is 7.91. The van der Waals surface area contributed by atoms with E-state index in [1.54, 1.807) is 0 Å². The molecule has 0 saturated carbocycles. The van der Waals surface area contributed by atoms with Gasteiger partial charge in [0.25, 0.3) is 0 Å². The van der Waals surface area contributed by atoms with E-state index in [-0.39, 0.29) is 36.2 Å². The average Bonchev–Trinajstić information content (AvgIpc) is 2.45. The van der Waals surface area contributed by atoms with Crippen molar-refractivity contribution in [3.63, 3.8) is 0 Å². The summed E-state index contributed by atoms with van der Waals surface area (Å²) in [6.07, 6.45) is 1.98. The Hall–Kier alpha value is -0.180. The van der Waals surface area contributed by atoms with Gasteiger partial charge in [0.05, 0.1) is 48.4 Å². The van der Waals surface area contributed by atoms with Crippen LogP contribution in [-0.4, -0.2) is 65.3 Å². The van der Waals surface area contributed by atoms with Crippen LogP contribution in [0.5, 0.6) is 0 Å². The molecule has 2 atom stereocenters. The Morgan fingerprint density at radius 2 is 1.14 bits per heavy atom. The molecule has 0 aromatic carbocycles. The fraction of sp³-hybridized carbons (Fsp3) is 1.00. The molecule has 6 nitrogen and oxygen atoms in total. The molecule has 2 unspecified atom stereocenters. The summed E-state index contributed by atoms with van der Waals surface area (Å²) in [5, 5.41) is 0. The second kappa shape index (κ2) is 9.20. The van der Waals surface area contributed by atoms with Crippen LogP contribution in [0.15, 0.2) is 0 Å². The van der Waals surface area contributed by atoms with Crippen molar-refractivity contribution < 1.29 is 26.3 Å². The van der Waals surface area contributed by atoms with E-state index in [0.717, 1.165) is 12.8 Å². The largest absolute Gasteiger partial charge is 0.372 e. The van der Waals surface area contributed by atoms with Gasteiger partial charge in [-0.1, -0.05) is 26.7 Å². The topological polar surface area (TPSA) is 86.7 Å². The molecule has 1 aliphatic rings. The summed E-state index contributed by atoms with van der Waals surface area (Å²) in [6.45, 7) is 4.16. The molecule has 22 heavy (non-hydrogen) atoms. The van der Waals surface area contributed by atoms with Crippen LogP contribution < -0.4 is 0 Å². The van der Waals surface area contributed by atoms with E-state index in [1.165, 1.54) is 0 Å². The smallest absolute Gasteiger partial charge is 0.152 e. The predicted molar refractivity (Wildman–Crippen MR) is 86.6 cm³/mol. The Kier molecular flexibility index (Phi) is 8.31. The van der Waals surface area contributed by atoms with E-state index < -0.39 is 31.9 Å². The molecule has 1 saturated heterocycles. The number of hydrogen-bond donors (Lipinski definition) is 0. The Morgan fingerprint density at radius 3 is 1.41 bits per heavy atom. The summed E-state index contributed by atoms with van der Waals surface area (Å²) in [5.41, 5.74) is 0. The maximum Gasteiger partial charge on any atom is 0.152 e. The fourth-order valence-corrected chi connectivity index (χ4v) is 5.55. The minimum atomic E-state index is -3.13. The fourth-order valence-electron chi connectivity index (χ4n) is 2.24. The molecule has 1 aliphatic heterocycles. The number of sulfone groups is 2. The lowest BCUT2D eigenvalue weighted by molar-refractivity contribution is -0.116. The van der Waals surface area contributed by atoms with E-state index in [0.29, 0.717) is 12.8 Å². The van der Waals surface area contributed by atoms with Gasteiger partial charge in [0.2, 0.25) is 0 Å². The zero-order valence-electron chi connectivity index (χ0n) is 13.5. The van der Waals surface area contributed by atoms with Gasteiger partial charge in [-0.3, -0.25) is 0 Å². The number of unbranched alkanes of at least 4 members (excludes halogenated alkanes) is 2. The quantitative estimate of drug-likeness (QED) is 0.584. The van der Waals surface area contributed by atoms with Crippen LogP contribution in [0.2, 0.25) is 0 Å². The van der Waals surface area contributed by atoms with Gasteiger partial charge in [-0.25, -0.2) is 16.8 Å². The second-order valence-corrected chi connectivity index (χ2v) is 10.3. The summed E-state index contributed by atoms with van der Waals surface area (Å²) in [6, 6.07) is 0. The van der Waals surface area contributed by atoms with Crippen molar-refractivity contribution in [1.82, 2.24) is 0 Å². The van der Waals surface area contributed by atoms with Gasteiger partial charge in [-0.05, 0) is 12.8 Å². The molecule has 0 aliphatic carbocycles. The average molecular weight is 357 g/mol. The third kappa shape index (κ3) is 7.89. The lowest BCUT2D eigenvalue weighted by Gasteiger charge is -2.29. The van der Waals surface area contributed by atoms with Crippen LogP contribution >= 0.6 is 0 Å². The summed E-state index contributed by atoms with van der Waals surface area (Å²) in [4.78, 5) is 0. The van der Waals surface area contributed by atoms with E-state index >= 15 is 0 Å². The normalized spacial score (nSPS) is 23.5. The Labute approximate surface area is 134 Å². The van der Waals surface area contributed by atoms with Gasteiger partial charge in [-0.15, -0.1) is 0 Å². The first-order valence-corrected chi connectivity index (χ1v) is 11.6. The van der Waals surface area contributed by atoms with Gasteiger partial charge < -0.3 is 9.47 Å². The van der Waals surface area contributed by atoms with E-state index in [9.17, 15) is 16.8 Å². The molecule has 0 amide bonds. The molecular weight excluding hydrogens is 328 g/mol. The van der Waals surface area contributed by atoms with Crippen molar-refractivity contribution in [3.8, 4) is 0 Å². The Morgan fingerprint density at radius 1 is 0.773 bits per heavy atom. The van der Waals surface area contributed by atoms with Crippen molar-refractivity contribution in [2.45, 2.75) is 51.7 Å². The van der Waals surface area contributed by atoms with E-state index in [2.05, 4.69) is 0 Å². The Bertz CT molecular complexity index is 455. The first-order chi connectivity index (χ1) is 10.3. The molecule has 1 heterocycles. The third-order valence-electron chi connectivity index (χ3n) is 3.53. The van der Waals surface area contributed by atoms with E-state index in [1.807, 2.05) is 13.8 Å². The van der Waals surface area contributed by atoms with E-state index in [4.69, 9.17) is 9.47 Å². The first-order valence-electron chi connectivity index (χ1n) is 7.92. The summed E-state index contributed by atoms with van der Waals surface area (Å²) in [7, 11) is -6.26. The summed E-state index contributed by atoms with van der Waals surface area (Å²) in [5.74, 6) is 0.223. The molecule has 8 heteroatoms. The number of ether oxygens (including phenoxy) is 2. The van der Waals surface area contributed by atoms with Crippen LogP contribution in [0, 0.1) is 0 Å². The van der Waals surface area contributed by atoms with Crippen LogP contribution in [0.3, 0.4) is 0 Å². The van der Waals surface area contributed by atoms with Crippen molar-refractivity contribution in [3.05, 3.63) is 0 Å². The molecule has 0 aromatic heterocycles. The molecule has 0 spiro atoms. The molecular formula is C14H28O6S2. The first kappa shape index (κ1) is 19.9. The molecule has 0 N–H and O–H groups in total. The number of hydrogen-bond acceptors (Lipinski definition) is 6. The van der Waals surface area contributed by atoms with Gasteiger partial charge >= 0.3 is 0 Å². The Balaban J connectivity index is 2.37. The minimum Gasteiger partial charge on any atom is -0.372 e. The van der Waals surface area contributed by atoms with Crippen LogP contribution in [0.25, 0.3) is 0 Å². The van der Waals surface area contributed by atoms with Crippen molar-refractivity contribution in [2.24, 2.45) is 0 Å². The lowest BCUT2D eigenvalue weighted by atomic mass is 10.3. The number of rotatable bonds is 10.